The largest absolute Gasteiger partial charge is 0.493 e. The van der Waals surface area contributed by atoms with E-state index in [9.17, 15) is 8.42 Å². The standard InChI is InChI=1S/C9H13NO4S/c1-6-8(15(10,11)12)5-4-7(13-2)9(6)14-3/h4-5H,1-3H3,(H2,10,11,12). The highest BCUT2D eigenvalue weighted by atomic mass is 32.2. The number of hydrogen-bond acceptors (Lipinski definition) is 4. The summed E-state index contributed by atoms with van der Waals surface area (Å²) < 4.78 is 32.5. The van der Waals surface area contributed by atoms with Gasteiger partial charge in [0, 0.05) is 5.56 Å². The molecule has 15 heavy (non-hydrogen) atoms. The van der Waals surface area contributed by atoms with Gasteiger partial charge in [0.2, 0.25) is 10.0 Å². The van der Waals surface area contributed by atoms with Crippen LogP contribution in [0.1, 0.15) is 5.56 Å². The lowest BCUT2D eigenvalue weighted by Gasteiger charge is -2.12. The number of ether oxygens (including phenoxy) is 2. The molecule has 0 unspecified atom stereocenters. The smallest absolute Gasteiger partial charge is 0.238 e. The first kappa shape index (κ1) is 11.8. The van der Waals surface area contributed by atoms with E-state index in [2.05, 4.69) is 0 Å². The number of nitrogens with two attached hydrogens (primary N) is 1. The van der Waals surface area contributed by atoms with E-state index in [1.54, 1.807) is 6.92 Å². The third kappa shape index (κ3) is 2.21. The Labute approximate surface area is 88.9 Å². The minimum atomic E-state index is -3.73. The van der Waals surface area contributed by atoms with Gasteiger partial charge in [0.25, 0.3) is 0 Å². The van der Waals surface area contributed by atoms with Crippen LogP contribution in [-0.4, -0.2) is 22.6 Å². The molecule has 0 spiro atoms. The fourth-order valence-electron chi connectivity index (χ4n) is 1.37. The summed E-state index contributed by atoms with van der Waals surface area (Å²) in [5, 5.41) is 5.05. The molecule has 1 aromatic rings. The van der Waals surface area contributed by atoms with Gasteiger partial charge in [-0.3, -0.25) is 0 Å². The molecule has 0 amide bonds. The average Bonchev–Trinajstić information content (AvgIpc) is 2.15. The number of sulfonamides is 1. The van der Waals surface area contributed by atoms with Crippen molar-refractivity contribution in [2.45, 2.75) is 11.8 Å². The first-order valence-corrected chi connectivity index (χ1v) is 5.70. The molecule has 1 aromatic carbocycles. The number of primary sulfonamides is 1. The van der Waals surface area contributed by atoms with Crippen molar-refractivity contribution >= 4 is 10.0 Å². The van der Waals surface area contributed by atoms with Crippen LogP contribution in [0.25, 0.3) is 0 Å². The van der Waals surface area contributed by atoms with Gasteiger partial charge in [-0.2, -0.15) is 0 Å². The SMILES string of the molecule is COc1ccc(S(N)(=O)=O)c(C)c1OC. The van der Waals surface area contributed by atoms with Gasteiger partial charge in [-0.15, -0.1) is 0 Å². The third-order valence-corrected chi connectivity index (χ3v) is 3.11. The lowest BCUT2D eigenvalue weighted by atomic mass is 10.2. The van der Waals surface area contributed by atoms with E-state index in [0.717, 1.165) is 0 Å². The molecule has 1 rings (SSSR count). The normalized spacial score (nSPS) is 11.2. The Morgan fingerprint density at radius 3 is 2.20 bits per heavy atom. The maximum atomic E-state index is 11.2. The van der Waals surface area contributed by atoms with Gasteiger partial charge >= 0.3 is 0 Å². The van der Waals surface area contributed by atoms with Crippen LogP contribution in [0.3, 0.4) is 0 Å². The van der Waals surface area contributed by atoms with E-state index in [1.165, 1.54) is 26.4 Å². The topological polar surface area (TPSA) is 78.6 Å². The molecule has 5 nitrogen and oxygen atoms in total. The summed E-state index contributed by atoms with van der Waals surface area (Å²) in [7, 11) is -0.804. The minimum absolute atomic E-state index is 0.0418. The molecule has 0 aromatic heterocycles. The van der Waals surface area contributed by atoms with Gasteiger partial charge in [0.1, 0.15) is 0 Å². The van der Waals surface area contributed by atoms with Gasteiger partial charge < -0.3 is 9.47 Å². The second-order valence-electron chi connectivity index (χ2n) is 2.97. The number of methoxy groups -OCH3 is 2. The van der Waals surface area contributed by atoms with E-state index in [-0.39, 0.29) is 4.90 Å². The lowest BCUT2D eigenvalue weighted by Crippen LogP contribution is -2.14. The van der Waals surface area contributed by atoms with Gasteiger partial charge in [0.05, 0.1) is 19.1 Å². The van der Waals surface area contributed by atoms with E-state index >= 15 is 0 Å². The van der Waals surface area contributed by atoms with Crippen LogP contribution >= 0.6 is 0 Å². The molecule has 2 N–H and O–H groups in total. The molecule has 0 aliphatic carbocycles. The van der Waals surface area contributed by atoms with E-state index in [0.29, 0.717) is 17.1 Å². The number of benzene rings is 1. The van der Waals surface area contributed by atoms with Gasteiger partial charge in [-0.25, -0.2) is 13.6 Å². The molecule has 0 bridgehead atoms. The van der Waals surface area contributed by atoms with Crippen LogP contribution < -0.4 is 14.6 Å². The molecule has 0 saturated carbocycles. The van der Waals surface area contributed by atoms with Crippen LogP contribution in [-0.2, 0) is 10.0 Å². The summed E-state index contributed by atoms with van der Waals surface area (Å²) in [5.74, 6) is 0.853. The molecular weight excluding hydrogens is 218 g/mol. The van der Waals surface area contributed by atoms with Gasteiger partial charge in [-0.1, -0.05) is 0 Å². The Bertz CT molecular complexity index is 467. The summed E-state index contributed by atoms with van der Waals surface area (Å²) in [6.07, 6.45) is 0. The van der Waals surface area contributed by atoms with E-state index in [4.69, 9.17) is 14.6 Å². The van der Waals surface area contributed by atoms with E-state index < -0.39 is 10.0 Å². The summed E-state index contributed by atoms with van der Waals surface area (Å²) in [6, 6.07) is 2.90. The maximum Gasteiger partial charge on any atom is 0.238 e. The van der Waals surface area contributed by atoms with Crippen LogP contribution in [0.4, 0.5) is 0 Å². The third-order valence-electron chi connectivity index (χ3n) is 2.05. The first-order valence-electron chi connectivity index (χ1n) is 4.16. The van der Waals surface area contributed by atoms with Crippen molar-refractivity contribution in [1.29, 1.82) is 0 Å². The molecule has 6 heteroatoms. The summed E-state index contributed by atoms with van der Waals surface area (Å²) in [4.78, 5) is 0.0418. The van der Waals surface area contributed by atoms with Crippen LogP contribution in [0.15, 0.2) is 17.0 Å². The van der Waals surface area contributed by atoms with Crippen LogP contribution in [0.5, 0.6) is 11.5 Å². The van der Waals surface area contributed by atoms with Crippen molar-refractivity contribution in [3.63, 3.8) is 0 Å². The fraction of sp³-hybridized carbons (Fsp3) is 0.333. The van der Waals surface area contributed by atoms with Crippen molar-refractivity contribution in [2.75, 3.05) is 14.2 Å². The zero-order chi connectivity index (χ0) is 11.6. The minimum Gasteiger partial charge on any atom is -0.493 e. The Kier molecular flexibility index (Phi) is 3.21. The summed E-state index contributed by atoms with van der Waals surface area (Å²) >= 11 is 0. The highest BCUT2D eigenvalue weighted by Gasteiger charge is 2.17. The highest BCUT2D eigenvalue weighted by Crippen LogP contribution is 2.33. The Morgan fingerprint density at radius 1 is 1.20 bits per heavy atom. The van der Waals surface area contributed by atoms with Crippen molar-refractivity contribution < 1.29 is 17.9 Å². The van der Waals surface area contributed by atoms with Crippen LogP contribution in [0, 0.1) is 6.92 Å². The highest BCUT2D eigenvalue weighted by molar-refractivity contribution is 7.89. The molecule has 0 aliphatic rings. The summed E-state index contributed by atoms with van der Waals surface area (Å²) in [5.41, 5.74) is 0.444. The average molecular weight is 231 g/mol. The first-order chi connectivity index (χ1) is 6.91. The van der Waals surface area contributed by atoms with Crippen LogP contribution in [0.2, 0.25) is 0 Å². The number of rotatable bonds is 3. The lowest BCUT2D eigenvalue weighted by molar-refractivity contribution is 0.351. The predicted octanol–water partition coefficient (Wildman–Crippen LogP) is 0.660. The second-order valence-corrected chi connectivity index (χ2v) is 4.50. The zero-order valence-corrected chi connectivity index (χ0v) is 9.59. The van der Waals surface area contributed by atoms with Gasteiger partial charge in [0.15, 0.2) is 11.5 Å². The Hall–Kier alpha value is -1.27. The molecule has 0 aliphatic heterocycles. The van der Waals surface area contributed by atoms with Gasteiger partial charge in [-0.05, 0) is 19.1 Å². The molecule has 0 radical (unpaired) electrons. The van der Waals surface area contributed by atoms with Crippen molar-refractivity contribution in [2.24, 2.45) is 5.14 Å². The zero-order valence-electron chi connectivity index (χ0n) is 8.77. The molecule has 84 valence electrons. The number of hydrogen-bond donors (Lipinski definition) is 1. The van der Waals surface area contributed by atoms with Crippen molar-refractivity contribution in [1.82, 2.24) is 0 Å². The molecular formula is C9H13NO4S. The molecule has 0 heterocycles. The molecule has 0 fully saturated rings. The van der Waals surface area contributed by atoms with Crippen molar-refractivity contribution in [3.8, 4) is 11.5 Å². The summed E-state index contributed by atoms with van der Waals surface area (Å²) in [6.45, 7) is 1.61. The predicted molar refractivity (Wildman–Crippen MR) is 55.7 cm³/mol. The Balaban J connectivity index is 3.50. The maximum absolute atomic E-state index is 11.2. The Morgan fingerprint density at radius 2 is 1.80 bits per heavy atom. The second kappa shape index (κ2) is 4.08. The quantitative estimate of drug-likeness (QED) is 0.828. The molecule has 0 saturated heterocycles. The molecule has 0 atom stereocenters. The monoisotopic (exact) mass is 231 g/mol. The van der Waals surface area contributed by atoms with Crippen molar-refractivity contribution in [3.05, 3.63) is 17.7 Å². The fourth-order valence-corrected chi connectivity index (χ4v) is 2.15. The van der Waals surface area contributed by atoms with E-state index in [1.807, 2.05) is 0 Å².